The Kier molecular flexibility index (Phi) is 5.72. The van der Waals surface area contributed by atoms with Crippen molar-refractivity contribution >= 4 is 23.0 Å². The first-order valence-corrected chi connectivity index (χ1v) is 10.5. The summed E-state index contributed by atoms with van der Waals surface area (Å²) in [6, 6.07) is 25.2. The lowest BCUT2D eigenvalue weighted by Gasteiger charge is -2.23. The molecule has 1 aromatic heterocycles. The molecule has 0 radical (unpaired) electrons. The van der Waals surface area contributed by atoms with Crippen molar-refractivity contribution in [2.24, 2.45) is 0 Å². The zero-order valence-corrected chi connectivity index (χ0v) is 18.5. The van der Waals surface area contributed by atoms with Gasteiger partial charge in [-0.2, -0.15) is 0 Å². The van der Waals surface area contributed by atoms with E-state index < -0.39 is 0 Å². The van der Waals surface area contributed by atoms with Gasteiger partial charge in [0.25, 0.3) is 0 Å². The van der Waals surface area contributed by atoms with E-state index in [1.165, 1.54) is 16.7 Å². The van der Waals surface area contributed by atoms with Crippen molar-refractivity contribution in [2.45, 2.75) is 33.1 Å². The summed E-state index contributed by atoms with van der Waals surface area (Å²) in [5, 5.41) is 6.95. The summed E-state index contributed by atoms with van der Waals surface area (Å²) in [6.45, 7) is 8.73. The molecule has 2 N–H and O–H groups in total. The average molecular weight is 409 g/mol. The van der Waals surface area contributed by atoms with Gasteiger partial charge in [-0.05, 0) is 52.8 Å². The summed E-state index contributed by atoms with van der Waals surface area (Å²) in [7, 11) is 0. The number of hydrogen-bond donors (Lipinski definition) is 2. The van der Waals surface area contributed by atoms with Gasteiger partial charge in [-0.15, -0.1) is 0 Å². The lowest BCUT2D eigenvalue weighted by Crippen LogP contribution is -2.14. The number of aryl methyl sites for hydroxylation is 1. The largest absolute Gasteiger partial charge is 0.337 e. The third-order valence-electron chi connectivity index (χ3n) is 5.27. The lowest BCUT2D eigenvalue weighted by molar-refractivity contribution is 0.592. The third-order valence-corrected chi connectivity index (χ3v) is 5.27. The zero-order valence-electron chi connectivity index (χ0n) is 18.5. The third kappa shape index (κ3) is 4.75. The molecular weight excluding hydrogens is 380 g/mol. The molecule has 0 bridgehead atoms. The molecule has 0 aliphatic rings. The minimum Gasteiger partial charge on any atom is -0.337 e. The van der Waals surface area contributed by atoms with Crippen molar-refractivity contribution in [2.75, 3.05) is 10.6 Å². The summed E-state index contributed by atoms with van der Waals surface area (Å²) in [5.74, 6) is 1.40. The van der Waals surface area contributed by atoms with Crippen molar-refractivity contribution in [3.05, 3.63) is 96.3 Å². The molecule has 3 aromatic carbocycles. The smallest absolute Gasteiger partial charge is 0.173 e. The van der Waals surface area contributed by atoms with Gasteiger partial charge in [0.2, 0.25) is 0 Å². The Morgan fingerprint density at radius 1 is 0.645 bits per heavy atom. The Bertz CT molecular complexity index is 1180. The predicted octanol–water partition coefficient (Wildman–Crippen LogP) is 7.24. The van der Waals surface area contributed by atoms with Crippen molar-refractivity contribution in [3.63, 3.8) is 0 Å². The maximum absolute atomic E-state index is 4.55. The van der Waals surface area contributed by atoms with Gasteiger partial charge in [0.15, 0.2) is 11.6 Å². The number of rotatable bonds is 5. The Hall–Kier alpha value is -3.66. The average Bonchev–Trinajstić information content (AvgIpc) is 2.77. The molecule has 4 aromatic rings. The van der Waals surface area contributed by atoms with Crippen LogP contribution in [0.3, 0.4) is 0 Å². The highest BCUT2D eigenvalue weighted by atomic mass is 15.1. The number of anilines is 4. The first-order chi connectivity index (χ1) is 14.9. The van der Waals surface area contributed by atoms with Crippen molar-refractivity contribution < 1.29 is 0 Å². The zero-order chi connectivity index (χ0) is 21.8. The molecule has 0 amide bonds. The highest BCUT2D eigenvalue weighted by Gasteiger charge is 2.18. The second kappa shape index (κ2) is 8.60. The molecule has 0 fully saturated rings. The maximum atomic E-state index is 4.55. The number of para-hydroxylation sites is 1. The number of hydrogen-bond acceptors (Lipinski definition) is 4. The molecule has 0 saturated carbocycles. The molecule has 0 aliphatic carbocycles. The van der Waals surface area contributed by atoms with Crippen LogP contribution in [0.4, 0.5) is 23.0 Å². The van der Waals surface area contributed by atoms with Crippen molar-refractivity contribution in [1.82, 2.24) is 9.97 Å². The van der Waals surface area contributed by atoms with E-state index >= 15 is 0 Å². The van der Waals surface area contributed by atoms with Gasteiger partial charge in [0.1, 0.15) is 0 Å². The Morgan fingerprint density at radius 2 is 1.26 bits per heavy atom. The van der Waals surface area contributed by atoms with E-state index in [-0.39, 0.29) is 5.41 Å². The molecule has 0 aliphatic heterocycles. The molecule has 0 saturated heterocycles. The highest BCUT2D eigenvalue weighted by molar-refractivity contribution is 5.76. The molecule has 156 valence electrons. The topological polar surface area (TPSA) is 49.8 Å². The van der Waals surface area contributed by atoms with Crippen LogP contribution < -0.4 is 10.6 Å². The predicted molar refractivity (Wildman–Crippen MR) is 130 cm³/mol. The van der Waals surface area contributed by atoms with E-state index in [9.17, 15) is 0 Å². The summed E-state index contributed by atoms with van der Waals surface area (Å²) in [5.41, 5.74) is 6.84. The van der Waals surface area contributed by atoms with Crippen molar-refractivity contribution in [3.8, 4) is 11.1 Å². The number of aromatic nitrogens is 2. The number of nitrogens with zero attached hydrogens (tertiary/aromatic N) is 2. The summed E-state index contributed by atoms with van der Waals surface area (Å²) in [4.78, 5) is 9.10. The molecule has 0 atom stereocenters. The molecule has 0 unspecified atom stereocenters. The van der Waals surface area contributed by atoms with Crippen LogP contribution in [0.15, 0.2) is 85.2 Å². The van der Waals surface area contributed by atoms with E-state index in [0.29, 0.717) is 11.6 Å². The van der Waals surface area contributed by atoms with E-state index in [0.717, 1.165) is 16.9 Å². The molecule has 4 nitrogen and oxygen atoms in total. The van der Waals surface area contributed by atoms with E-state index in [2.05, 4.69) is 109 Å². The minimum atomic E-state index is 0.0171. The fourth-order valence-corrected chi connectivity index (χ4v) is 3.64. The van der Waals surface area contributed by atoms with Gasteiger partial charge in [-0.3, -0.25) is 0 Å². The summed E-state index contributed by atoms with van der Waals surface area (Å²) < 4.78 is 0. The van der Waals surface area contributed by atoms with Crippen LogP contribution in [0.5, 0.6) is 0 Å². The molecule has 0 spiro atoms. The van der Waals surface area contributed by atoms with Crippen LogP contribution in [-0.4, -0.2) is 9.97 Å². The molecular formula is C27H28N4. The lowest BCUT2D eigenvalue weighted by atomic mass is 9.86. The minimum absolute atomic E-state index is 0.0171. The second-order valence-electron chi connectivity index (χ2n) is 8.69. The van der Waals surface area contributed by atoms with E-state index in [1.807, 2.05) is 12.1 Å². The fourth-order valence-electron chi connectivity index (χ4n) is 3.64. The fraction of sp³-hybridized carbons (Fsp3) is 0.185. The molecule has 4 rings (SSSR count). The Morgan fingerprint density at radius 3 is 1.90 bits per heavy atom. The van der Waals surface area contributed by atoms with Gasteiger partial charge in [-0.1, -0.05) is 75.4 Å². The Balaban J connectivity index is 1.62. The van der Waals surface area contributed by atoms with Crippen LogP contribution in [0, 0.1) is 6.92 Å². The van der Waals surface area contributed by atoms with E-state index in [1.54, 1.807) is 12.4 Å². The van der Waals surface area contributed by atoms with Gasteiger partial charge in [-0.25, -0.2) is 9.97 Å². The molecule has 4 heteroatoms. The standard InChI is InChI=1S/C27H28N4/c1-19-18-21(20-10-6-5-7-11-20)14-15-23(19)30-25-26(29-17-16-28-25)31-24-13-9-8-12-22(24)27(2,3)4/h5-18H,1-4H3,(H,28,30)(H,29,31). The SMILES string of the molecule is Cc1cc(-c2ccccc2)ccc1Nc1nccnc1Nc1ccccc1C(C)(C)C. The van der Waals surface area contributed by atoms with Gasteiger partial charge < -0.3 is 10.6 Å². The number of benzene rings is 3. The Labute approximate surface area is 184 Å². The number of nitrogens with one attached hydrogen (secondary N) is 2. The molecule has 1 heterocycles. The van der Waals surface area contributed by atoms with Crippen LogP contribution in [0.1, 0.15) is 31.9 Å². The second-order valence-corrected chi connectivity index (χ2v) is 8.69. The highest BCUT2D eigenvalue weighted by Crippen LogP contribution is 2.33. The van der Waals surface area contributed by atoms with Gasteiger partial charge in [0.05, 0.1) is 0 Å². The normalized spacial score (nSPS) is 11.2. The van der Waals surface area contributed by atoms with Crippen LogP contribution >= 0.6 is 0 Å². The van der Waals surface area contributed by atoms with Gasteiger partial charge >= 0.3 is 0 Å². The maximum Gasteiger partial charge on any atom is 0.173 e. The first kappa shape index (κ1) is 20.6. The summed E-state index contributed by atoms with van der Waals surface area (Å²) in [6.07, 6.45) is 3.41. The van der Waals surface area contributed by atoms with Gasteiger partial charge in [0, 0.05) is 23.8 Å². The molecule has 31 heavy (non-hydrogen) atoms. The van der Waals surface area contributed by atoms with Crippen LogP contribution in [0.25, 0.3) is 11.1 Å². The van der Waals surface area contributed by atoms with Crippen molar-refractivity contribution in [1.29, 1.82) is 0 Å². The summed E-state index contributed by atoms with van der Waals surface area (Å²) >= 11 is 0. The van der Waals surface area contributed by atoms with Crippen LogP contribution in [-0.2, 0) is 5.41 Å². The first-order valence-electron chi connectivity index (χ1n) is 10.5. The quantitative estimate of drug-likeness (QED) is 0.365. The van der Waals surface area contributed by atoms with E-state index in [4.69, 9.17) is 0 Å². The monoisotopic (exact) mass is 408 g/mol. The van der Waals surface area contributed by atoms with Crippen LogP contribution in [0.2, 0.25) is 0 Å².